The van der Waals surface area contributed by atoms with Crippen molar-refractivity contribution >= 4 is 11.8 Å². The van der Waals surface area contributed by atoms with Crippen LogP contribution in [0.5, 0.6) is 0 Å². The molecule has 1 aromatic carbocycles. The summed E-state index contributed by atoms with van der Waals surface area (Å²) in [4.78, 5) is 1.60. The van der Waals surface area contributed by atoms with Crippen LogP contribution in [0, 0.1) is 0 Å². The van der Waals surface area contributed by atoms with Gasteiger partial charge in [-0.2, -0.15) is 0 Å². The van der Waals surface area contributed by atoms with Gasteiger partial charge in [-0.05, 0) is 55.5 Å². The normalized spacial score (nSPS) is 24.4. The molecule has 1 atom stereocenters. The lowest BCUT2D eigenvalue weighted by Crippen LogP contribution is -2.35. The van der Waals surface area contributed by atoms with E-state index in [1.54, 1.807) is 16.0 Å². The molecule has 0 radical (unpaired) electrons. The van der Waals surface area contributed by atoms with Crippen LogP contribution in [0.2, 0.25) is 0 Å². The Labute approximate surface area is 108 Å². The van der Waals surface area contributed by atoms with Crippen LogP contribution in [0.15, 0.2) is 23.1 Å². The molecule has 17 heavy (non-hydrogen) atoms. The lowest BCUT2D eigenvalue weighted by Gasteiger charge is -2.26. The van der Waals surface area contributed by atoms with Gasteiger partial charge in [0.1, 0.15) is 0 Å². The molecular weight excluding hydrogens is 226 g/mol. The zero-order valence-corrected chi connectivity index (χ0v) is 11.2. The second-order valence-corrected chi connectivity index (χ2v) is 6.31. The maximum Gasteiger partial charge on any atom is 0.0137 e. The molecular formula is C15H21NS. The maximum atomic E-state index is 3.67. The molecule has 2 aliphatic heterocycles. The molecule has 92 valence electrons. The Morgan fingerprint density at radius 2 is 2.24 bits per heavy atom. The monoisotopic (exact) mass is 247 g/mol. The molecule has 1 aromatic rings. The minimum Gasteiger partial charge on any atom is -0.314 e. The largest absolute Gasteiger partial charge is 0.314 e. The summed E-state index contributed by atoms with van der Waals surface area (Å²) in [6.45, 7) is 1.22. The van der Waals surface area contributed by atoms with Crippen molar-refractivity contribution in [2.45, 2.75) is 49.5 Å². The third-order valence-corrected chi connectivity index (χ3v) is 5.20. The number of aryl methyl sites for hydroxylation is 1. The molecule has 0 saturated carbocycles. The summed E-state index contributed by atoms with van der Waals surface area (Å²) in [7, 11) is 0. The third-order valence-electron chi connectivity index (χ3n) is 3.89. The summed E-state index contributed by atoms with van der Waals surface area (Å²) in [5.41, 5.74) is 3.18. The van der Waals surface area contributed by atoms with Crippen LogP contribution >= 0.6 is 11.8 Å². The van der Waals surface area contributed by atoms with E-state index in [4.69, 9.17) is 0 Å². The topological polar surface area (TPSA) is 12.0 Å². The Kier molecular flexibility index (Phi) is 3.72. The fraction of sp³-hybridized carbons (Fsp3) is 0.600. The van der Waals surface area contributed by atoms with Crippen LogP contribution < -0.4 is 5.32 Å². The van der Waals surface area contributed by atoms with Crippen LogP contribution in [0.4, 0.5) is 0 Å². The summed E-state index contributed by atoms with van der Waals surface area (Å²) in [5, 5.41) is 3.67. The van der Waals surface area contributed by atoms with Crippen molar-refractivity contribution in [2.75, 3.05) is 12.3 Å². The van der Waals surface area contributed by atoms with E-state index in [2.05, 4.69) is 35.3 Å². The number of thioether (sulfide) groups is 1. The predicted octanol–water partition coefficient (Wildman–Crippen LogP) is 3.41. The molecule has 0 aromatic heterocycles. The fourth-order valence-corrected chi connectivity index (χ4v) is 4.17. The van der Waals surface area contributed by atoms with Crippen LogP contribution in [0.1, 0.15) is 36.8 Å². The second-order valence-electron chi connectivity index (χ2n) is 5.21. The van der Waals surface area contributed by atoms with Crippen molar-refractivity contribution in [3.8, 4) is 0 Å². The van der Waals surface area contributed by atoms with Gasteiger partial charge >= 0.3 is 0 Å². The zero-order chi connectivity index (χ0) is 11.5. The van der Waals surface area contributed by atoms with Gasteiger partial charge < -0.3 is 5.32 Å². The number of piperidine rings is 1. The van der Waals surface area contributed by atoms with Crippen molar-refractivity contribution < 1.29 is 0 Å². The first-order valence-electron chi connectivity index (χ1n) is 6.90. The highest BCUT2D eigenvalue weighted by molar-refractivity contribution is 7.99. The average Bonchev–Trinajstić information content (AvgIpc) is 2.40. The molecule has 1 fully saturated rings. The van der Waals surface area contributed by atoms with E-state index < -0.39 is 0 Å². The zero-order valence-electron chi connectivity index (χ0n) is 10.4. The van der Waals surface area contributed by atoms with Crippen molar-refractivity contribution in [1.82, 2.24) is 5.32 Å². The van der Waals surface area contributed by atoms with Gasteiger partial charge in [0.25, 0.3) is 0 Å². The Hall–Kier alpha value is -0.470. The Balaban J connectivity index is 1.77. The summed E-state index contributed by atoms with van der Waals surface area (Å²) in [5.74, 6) is 1.31. The van der Waals surface area contributed by atoms with E-state index in [1.807, 2.05) is 0 Å². The summed E-state index contributed by atoms with van der Waals surface area (Å²) in [6.07, 6.45) is 7.99. The molecule has 0 amide bonds. The van der Waals surface area contributed by atoms with Crippen molar-refractivity contribution in [1.29, 1.82) is 0 Å². The summed E-state index contributed by atoms with van der Waals surface area (Å²) < 4.78 is 0. The van der Waals surface area contributed by atoms with Crippen LogP contribution in [-0.4, -0.2) is 18.3 Å². The molecule has 0 bridgehead atoms. The molecule has 2 heteroatoms. The van der Waals surface area contributed by atoms with Crippen molar-refractivity contribution in [2.24, 2.45) is 0 Å². The molecule has 1 nitrogen and oxygen atoms in total. The van der Waals surface area contributed by atoms with Gasteiger partial charge in [-0.3, -0.25) is 0 Å². The molecule has 3 rings (SSSR count). The van der Waals surface area contributed by atoms with Crippen LogP contribution in [-0.2, 0) is 12.8 Å². The fourth-order valence-electron chi connectivity index (χ4n) is 2.98. The van der Waals surface area contributed by atoms with E-state index in [0.29, 0.717) is 0 Å². The molecule has 2 aliphatic rings. The van der Waals surface area contributed by atoms with Crippen molar-refractivity contribution in [3.63, 3.8) is 0 Å². The minimum atomic E-state index is 0.720. The smallest absolute Gasteiger partial charge is 0.0137 e. The molecule has 2 heterocycles. The number of nitrogens with one attached hydrogen (secondary N) is 1. The Morgan fingerprint density at radius 3 is 3.12 bits per heavy atom. The lowest BCUT2D eigenvalue weighted by molar-refractivity contribution is 0.398. The van der Waals surface area contributed by atoms with E-state index in [0.717, 1.165) is 6.04 Å². The molecule has 0 spiro atoms. The third kappa shape index (κ3) is 2.69. The highest BCUT2D eigenvalue weighted by atomic mass is 32.2. The standard InChI is InChI=1S/C15H21NS/c1-2-9-16-14(8-1)11-13-6-3-5-12-7-4-10-17-15(12)13/h3,5-6,14,16H,1-2,4,7-11H2. The van der Waals surface area contributed by atoms with Crippen LogP contribution in [0.25, 0.3) is 0 Å². The lowest BCUT2D eigenvalue weighted by atomic mass is 9.96. The van der Waals surface area contributed by atoms with Gasteiger partial charge in [0.15, 0.2) is 0 Å². The Morgan fingerprint density at radius 1 is 1.24 bits per heavy atom. The van der Waals surface area contributed by atoms with Crippen LogP contribution in [0.3, 0.4) is 0 Å². The van der Waals surface area contributed by atoms with Gasteiger partial charge in [-0.15, -0.1) is 11.8 Å². The quantitative estimate of drug-likeness (QED) is 0.859. The Bertz CT molecular complexity index is 383. The van der Waals surface area contributed by atoms with Gasteiger partial charge in [0.2, 0.25) is 0 Å². The molecule has 1 saturated heterocycles. The first kappa shape index (κ1) is 11.6. The van der Waals surface area contributed by atoms with Gasteiger partial charge in [-0.25, -0.2) is 0 Å². The summed E-state index contributed by atoms with van der Waals surface area (Å²) in [6, 6.07) is 7.63. The van der Waals surface area contributed by atoms with E-state index >= 15 is 0 Å². The second kappa shape index (κ2) is 5.45. The highest BCUT2D eigenvalue weighted by Gasteiger charge is 2.18. The SMILES string of the molecule is c1cc2c(c(CC3CCCCN3)c1)SCCC2. The minimum absolute atomic E-state index is 0.720. The summed E-state index contributed by atoms with van der Waals surface area (Å²) >= 11 is 2.08. The number of rotatable bonds is 2. The number of hydrogen-bond donors (Lipinski definition) is 1. The van der Waals surface area contributed by atoms with E-state index in [1.165, 1.54) is 50.8 Å². The number of hydrogen-bond acceptors (Lipinski definition) is 2. The van der Waals surface area contributed by atoms with Gasteiger partial charge in [-0.1, -0.05) is 24.6 Å². The van der Waals surface area contributed by atoms with Crippen molar-refractivity contribution in [3.05, 3.63) is 29.3 Å². The van der Waals surface area contributed by atoms with E-state index in [-0.39, 0.29) is 0 Å². The van der Waals surface area contributed by atoms with E-state index in [9.17, 15) is 0 Å². The van der Waals surface area contributed by atoms with Gasteiger partial charge in [0.05, 0.1) is 0 Å². The number of fused-ring (bicyclic) bond motifs is 1. The highest BCUT2D eigenvalue weighted by Crippen LogP contribution is 2.34. The average molecular weight is 247 g/mol. The van der Waals surface area contributed by atoms with Gasteiger partial charge in [0, 0.05) is 10.9 Å². The first-order valence-corrected chi connectivity index (χ1v) is 7.89. The molecule has 1 unspecified atom stereocenters. The number of benzene rings is 1. The molecule has 0 aliphatic carbocycles. The predicted molar refractivity (Wildman–Crippen MR) is 74.8 cm³/mol. The molecule has 1 N–H and O–H groups in total. The maximum absolute atomic E-state index is 3.67. The first-order chi connectivity index (χ1) is 8.43.